The van der Waals surface area contributed by atoms with E-state index in [1.807, 2.05) is 0 Å². The van der Waals surface area contributed by atoms with E-state index in [0.29, 0.717) is 11.4 Å². The highest BCUT2D eigenvalue weighted by Gasteiger charge is 2.30. The molecule has 2 aromatic rings. The summed E-state index contributed by atoms with van der Waals surface area (Å²) in [7, 11) is 0. The molecule has 0 spiro atoms. The van der Waals surface area contributed by atoms with Crippen molar-refractivity contribution in [2.75, 3.05) is 11.4 Å². The molecule has 0 aliphatic heterocycles. The van der Waals surface area contributed by atoms with E-state index in [2.05, 4.69) is 9.72 Å². The Morgan fingerprint density at radius 3 is 2.12 bits per heavy atom. The number of carbonyl (C=O) groups excluding carboxylic acids is 1. The van der Waals surface area contributed by atoms with Crippen molar-refractivity contribution in [1.29, 1.82) is 0 Å². The van der Waals surface area contributed by atoms with Crippen LogP contribution in [0.15, 0.2) is 18.3 Å². The molecule has 0 aliphatic carbocycles. The molecule has 0 bridgehead atoms. The van der Waals surface area contributed by atoms with Crippen LogP contribution >= 0.6 is 0 Å². The van der Waals surface area contributed by atoms with Crippen LogP contribution in [0.2, 0.25) is 0 Å². The van der Waals surface area contributed by atoms with Gasteiger partial charge in [-0.1, -0.05) is 0 Å². The molecule has 0 atom stereocenters. The van der Waals surface area contributed by atoms with Gasteiger partial charge >= 0.3 is 6.09 Å². The van der Waals surface area contributed by atoms with Gasteiger partial charge in [0.05, 0.1) is 5.69 Å². The molecule has 4 nitrogen and oxygen atoms in total. The Bertz CT molecular complexity index is 769. The Balaban J connectivity index is 2.39. The van der Waals surface area contributed by atoms with Crippen LogP contribution in [-0.4, -0.2) is 17.6 Å². The van der Waals surface area contributed by atoms with Crippen molar-refractivity contribution < 1.29 is 31.5 Å². The number of rotatable bonds is 3. The van der Waals surface area contributed by atoms with Crippen molar-refractivity contribution in [3.05, 3.63) is 53.1 Å². The van der Waals surface area contributed by atoms with Crippen molar-refractivity contribution in [1.82, 2.24) is 4.98 Å². The number of pyridine rings is 1. The quantitative estimate of drug-likeness (QED) is 0.477. The normalized spacial score (nSPS) is 10.6. The summed E-state index contributed by atoms with van der Waals surface area (Å²) in [5, 5.41) is 0. The van der Waals surface area contributed by atoms with Crippen LogP contribution in [-0.2, 0) is 0 Å². The van der Waals surface area contributed by atoms with Crippen LogP contribution in [0, 0.1) is 36.0 Å². The highest BCUT2D eigenvalue weighted by molar-refractivity contribution is 5.89. The Kier molecular flexibility index (Phi) is 5.01. The fourth-order valence-electron chi connectivity index (χ4n) is 1.93. The second-order valence-corrected chi connectivity index (χ2v) is 4.67. The van der Waals surface area contributed by atoms with Crippen LogP contribution in [0.1, 0.15) is 12.6 Å². The van der Waals surface area contributed by atoms with Crippen LogP contribution in [0.5, 0.6) is 5.75 Å². The predicted octanol–water partition coefficient (Wildman–Crippen LogP) is 4.11. The van der Waals surface area contributed by atoms with Crippen molar-refractivity contribution >= 4 is 11.8 Å². The largest absolute Gasteiger partial charge is 0.419 e. The number of anilines is 1. The van der Waals surface area contributed by atoms with E-state index >= 15 is 0 Å². The van der Waals surface area contributed by atoms with E-state index in [0.717, 1.165) is 4.90 Å². The summed E-state index contributed by atoms with van der Waals surface area (Å²) in [6.07, 6.45) is 0.0882. The van der Waals surface area contributed by atoms with Crippen LogP contribution in [0.3, 0.4) is 0 Å². The number of amides is 1. The van der Waals surface area contributed by atoms with E-state index < -0.39 is 40.9 Å². The third-order valence-corrected chi connectivity index (χ3v) is 3.09. The van der Waals surface area contributed by atoms with Gasteiger partial charge in [-0.2, -0.15) is 8.78 Å². The maximum Gasteiger partial charge on any atom is 0.419 e. The van der Waals surface area contributed by atoms with Gasteiger partial charge in [0.2, 0.25) is 34.8 Å². The summed E-state index contributed by atoms with van der Waals surface area (Å²) >= 11 is 0. The SMILES string of the molecule is CCN(C(=O)Oc1c(F)c(F)c(F)c(F)c1F)c1ccnc(C)c1. The lowest BCUT2D eigenvalue weighted by molar-refractivity contribution is 0.200. The predicted molar refractivity (Wildman–Crippen MR) is 74.3 cm³/mol. The van der Waals surface area contributed by atoms with Gasteiger partial charge in [-0.25, -0.2) is 18.0 Å². The van der Waals surface area contributed by atoms with Gasteiger partial charge in [0.15, 0.2) is 0 Å². The van der Waals surface area contributed by atoms with Crippen LogP contribution in [0.25, 0.3) is 0 Å². The summed E-state index contributed by atoms with van der Waals surface area (Å²) in [6.45, 7) is 3.21. The summed E-state index contributed by atoms with van der Waals surface area (Å²) < 4.78 is 70.8. The maximum atomic E-state index is 13.6. The van der Waals surface area contributed by atoms with Crippen LogP contribution in [0.4, 0.5) is 32.4 Å². The van der Waals surface area contributed by atoms with Gasteiger partial charge in [0.25, 0.3) is 0 Å². The minimum absolute atomic E-state index is 0.0255. The van der Waals surface area contributed by atoms with Crippen LogP contribution < -0.4 is 9.64 Å². The zero-order valence-electron chi connectivity index (χ0n) is 12.5. The Morgan fingerprint density at radius 1 is 1.08 bits per heavy atom. The lowest BCUT2D eigenvalue weighted by Crippen LogP contribution is -2.34. The molecule has 24 heavy (non-hydrogen) atoms. The third-order valence-electron chi connectivity index (χ3n) is 3.09. The zero-order valence-corrected chi connectivity index (χ0v) is 12.5. The minimum Gasteiger partial charge on any atom is -0.403 e. The zero-order chi connectivity index (χ0) is 18.0. The van der Waals surface area contributed by atoms with Crippen molar-refractivity contribution in [3.8, 4) is 5.75 Å². The molecule has 0 unspecified atom stereocenters. The maximum absolute atomic E-state index is 13.6. The van der Waals surface area contributed by atoms with E-state index in [1.54, 1.807) is 6.92 Å². The first-order valence-corrected chi connectivity index (χ1v) is 6.71. The summed E-state index contributed by atoms with van der Waals surface area (Å²) in [5.74, 6) is -12.8. The average molecular weight is 346 g/mol. The first-order chi connectivity index (χ1) is 11.3. The Labute approximate surface area is 133 Å². The monoisotopic (exact) mass is 346 g/mol. The molecule has 1 aromatic carbocycles. The molecular weight excluding hydrogens is 335 g/mol. The molecule has 1 heterocycles. The average Bonchev–Trinajstić information content (AvgIpc) is 2.56. The number of hydrogen-bond donors (Lipinski definition) is 0. The lowest BCUT2D eigenvalue weighted by Gasteiger charge is -2.21. The Hall–Kier alpha value is -2.71. The molecule has 9 heteroatoms. The van der Waals surface area contributed by atoms with Gasteiger partial charge in [-0.15, -0.1) is 0 Å². The molecular formula is C15H11F5N2O2. The molecule has 2 rings (SSSR count). The highest BCUT2D eigenvalue weighted by Crippen LogP contribution is 2.30. The molecule has 1 amide bonds. The number of nitrogens with zero attached hydrogens (tertiary/aromatic N) is 2. The number of hydrogen-bond acceptors (Lipinski definition) is 3. The van der Waals surface area contributed by atoms with Crippen molar-refractivity contribution in [2.24, 2.45) is 0 Å². The van der Waals surface area contributed by atoms with Gasteiger partial charge < -0.3 is 4.74 Å². The van der Waals surface area contributed by atoms with Crippen molar-refractivity contribution in [2.45, 2.75) is 13.8 Å². The summed E-state index contributed by atoms with van der Waals surface area (Å²) in [5.41, 5.74) is 0.842. The van der Waals surface area contributed by atoms with Gasteiger partial charge in [-0.3, -0.25) is 9.88 Å². The molecule has 1 aromatic heterocycles. The standard InChI is InChI=1S/C15H11F5N2O2/c1-3-22(8-4-5-21-7(2)6-8)15(23)24-14-12(19)10(17)9(16)11(18)13(14)20/h4-6H,3H2,1-2H3. The smallest absolute Gasteiger partial charge is 0.403 e. The molecule has 0 radical (unpaired) electrons. The second-order valence-electron chi connectivity index (χ2n) is 4.67. The lowest BCUT2D eigenvalue weighted by atomic mass is 10.2. The minimum atomic E-state index is -2.33. The van der Waals surface area contributed by atoms with E-state index in [4.69, 9.17) is 0 Å². The van der Waals surface area contributed by atoms with Gasteiger partial charge in [0, 0.05) is 18.4 Å². The number of aryl methyl sites for hydroxylation is 1. The molecule has 0 fully saturated rings. The van der Waals surface area contributed by atoms with Gasteiger partial charge in [0.1, 0.15) is 0 Å². The number of carbonyl (C=O) groups is 1. The number of ether oxygens (including phenoxy) is 1. The number of benzene rings is 1. The number of aromatic nitrogens is 1. The topological polar surface area (TPSA) is 42.4 Å². The Morgan fingerprint density at radius 2 is 1.62 bits per heavy atom. The molecule has 0 saturated carbocycles. The first kappa shape index (κ1) is 17.6. The van der Waals surface area contributed by atoms with Gasteiger partial charge in [-0.05, 0) is 26.0 Å². The highest BCUT2D eigenvalue weighted by atomic mass is 19.2. The van der Waals surface area contributed by atoms with E-state index in [9.17, 15) is 26.7 Å². The summed E-state index contributed by atoms with van der Waals surface area (Å²) in [6, 6.07) is 2.92. The number of halogens is 5. The second kappa shape index (κ2) is 6.81. The molecule has 0 saturated heterocycles. The van der Waals surface area contributed by atoms with Crippen molar-refractivity contribution in [3.63, 3.8) is 0 Å². The third kappa shape index (κ3) is 3.15. The molecule has 0 aliphatic rings. The summed E-state index contributed by atoms with van der Waals surface area (Å²) in [4.78, 5) is 17.0. The fourth-order valence-corrected chi connectivity index (χ4v) is 1.93. The molecule has 128 valence electrons. The van der Waals surface area contributed by atoms with E-state index in [-0.39, 0.29) is 6.54 Å². The first-order valence-electron chi connectivity index (χ1n) is 6.71. The molecule has 0 N–H and O–H groups in total. The fraction of sp³-hybridized carbons (Fsp3) is 0.200. The van der Waals surface area contributed by atoms with E-state index in [1.165, 1.54) is 25.3 Å².